The highest BCUT2D eigenvalue weighted by Gasteiger charge is 2.25. The van der Waals surface area contributed by atoms with E-state index in [9.17, 15) is 9.50 Å². The van der Waals surface area contributed by atoms with Gasteiger partial charge in [0, 0.05) is 23.2 Å². The molecular formula is C20H21ClFN3O3. The Balaban J connectivity index is 1.65. The molecule has 0 aromatic heterocycles. The van der Waals surface area contributed by atoms with Crippen molar-refractivity contribution in [3.05, 3.63) is 46.7 Å². The molecule has 1 heterocycles. The molecule has 0 radical (unpaired) electrons. The number of aliphatic hydroxyl groups is 1. The van der Waals surface area contributed by atoms with Gasteiger partial charge in [0.1, 0.15) is 23.9 Å². The molecule has 8 heteroatoms. The van der Waals surface area contributed by atoms with E-state index >= 15 is 0 Å². The SMILES string of the molecule is Cc1cc(OCC2=NNC(O)N2C)c(-c2cc(OC3CC3)ccc2F)cc1Cl. The molecule has 1 atom stereocenters. The molecule has 1 unspecified atom stereocenters. The third-order valence-electron chi connectivity index (χ3n) is 4.76. The van der Waals surface area contributed by atoms with Gasteiger partial charge in [-0.05, 0) is 55.7 Å². The lowest BCUT2D eigenvalue weighted by molar-refractivity contribution is 0.0541. The molecule has 2 aromatic rings. The Hall–Kier alpha value is -2.51. The van der Waals surface area contributed by atoms with Crippen molar-refractivity contribution in [2.24, 2.45) is 5.10 Å². The predicted molar refractivity (Wildman–Crippen MR) is 105 cm³/mol. The number of benzene rings is 2. The number of ether oxygens (including phenoxy) is 2. The summed E-state index contributed by atoms with van der Waals surface area (Å²) in [6.07, 6.45) is 1.36. The second-order valence-corrected chi connectivity index (χ2v) is 7.39. The first-order chi connectivity index (χ1) is 13.4. The van der Waals surface area contributed by atoms with Crippen molar-refractivity contribution in [3.63, 3.8) is 0 Å². The zero-order valence-electron chi connectivity index (χ0n) is 15.6. The van der Waals surface area contributed by atoms with E-state index in [1.54, 1.807) is 36.2 Å². The van der Waals surface area contributed by atoms with Crippen molar-refractivity contribution >= 4 is 17.4 Å². The monoisotopic (exact) mass is 405 g/mol. The van der Waals surface area contributed by atoms with Crippen LogP contribution >= 0.6 is 11.6 Å². The van der Waals surface area contributed by atoms with E-state index in [1.165, 1.54) is 6.07 Å². The smallest absolute Gasteiger partial charge is 0.221 e. The second kappa shape index (κ2) is 7.48. The maximum Gasteiger partial charge on any atom is 0.221 e. The van der Waals surface area contributed by atoms with Crippen molar-refractivity contribution < 1.29 is 19.0 Å². The van der Waals surface area contributed by atoms with Gasteiger partial charge in [-0.25, -0.2) is 4.39 Å². The van der Waals surface area contributed by atoms with Gasteiger partial charge in [-0.1, -0.05) is 11.6 Å². The molecule has 0 saturated heterocycles. The minimum absolute atomic E-state index is 0.106. The van der Waals surface area contributed by atoms with E-state index in [-0.39, 0.29) is 18.5 Å². The fourth-order valence-corrected chi connectivity index (χ4v) is 3.03. The fraction of sp³-hybridized carbons (Fsp3) is 0.350. The number of hydrazone groups is 1. The van der Waals surface area contributed by atoms with Crippen LogP contribution in [0.1, 0.15) is 18.4 Å². The second-order valence-electron chi connectivity index (χ2n) is 6.99. The van der Waals surface area contributed by atoms with Crippen molar-refractivity contribution in [2.75, 3.05) is 13.7 Å². The van der Waals surface area contributed by atoms with Crippen molar-refractivity contribution in [3.8, 4) is 22.6 Å². The average Bonchev–Trinajstić information content (AvgIpc) is 3.43. The molecule has 0 bridgehead atoms. The van der Waals surface area contributed by atoms with Crippen molar-refractivity contribution in [2.45, 2.75) is 32.2 Å². The highest BCUT2D eigenvalue weighted by Crippen LogP contribution is 2.38. The maximum atomic E-state index is 14.6. The van der Waals surface area contributed by atoms with E-state index in [4.69, 9.17) is 21.1 Å². The normalized spacial score (nSPS) is 18.7. The molecular weight excluding hydrogens is 385 g/mol. The molecule has 1 saturated carbocycles. The lowest BCUT2D eigenvalue weighted by atomic mass is 10.0. The first-order valence-electron chi connectivity index (χ1n) is 9.05. The van der Waals surface area contributed by atoms with Crippen LogP contribution < -0.4 is 14.9 Å². The van der Waals surface area contributed by atoms with Crippen LogP contribution in [0, 0.1) is 12.7 Å². The van der Waals surface area contributed by atoms with Gasteiger partial charge in [0.05, 0.1) is 6.10 Å². The van der Waals surface area contributed by atoms with Gasteiger partial charge < -0.3 is 19.5 Å². The Labute approximate surface area is 167 Å². The highest BCUT2D eigenvalue weighted by molar-refractivity contribution is 6.31. The molecule has 2 aliphatic rings. The van der Waals surface area contributed by atoms with Gasteiger partial charge >= 0.3 is 0 Å². The summed E-state index contributed by atoms with van der Waals surface area (Å²) in [6, 6.07) is 8.15. The number of amidine groups is 1. The van der Waals surface area contributed by atoms with Gasteiger partial charge in [0.25, 0.3) is 0 Å². The van der Waals surface area contributed by atoms with Gasteiger partial charge in [-0.2, -0.15) is 5.10 Å². The standard InChI is InChI=1S/C20H21ClFN3O3/c1-11-7-18(27-10-19-23-24-20(26)25(19)2)15(9-16(11)21)14-8-13(5-6-17(14)22)28-12-3-4-12/h5-9,12,20,24,26H,3-4,10H2,1-2H3. The number of aryl methyl sites for hydroxylation is 1. The largest absolute Gasteiger partial charge is 0.490 e. The Morgan fingerprint density at radius 3 is 2.75 bits per heavy atom. The van der Waals surface area contributed by atoms with Crippen LogP contribution in [0.15, 0.2) is 35.4 Å². The number of rotatable bonds is 6. The van der Waals surface area contributed by atoms with Crippen LogP contribution in [-0.2, 0) is 0 Å². The zero-order chi connectivity index (χ0) is 19.8. The molecule has 0 spiro atoms. The van der Waals surface area contributed by atoms with Crippen molar-refractivity contribution in [1.82, 2.24) is 10.3 Å². The quantitative estimate of drug-likeness (QED) is 0.770. The zero-order valence-corrected chi connectivity index (χ0v) is 16.3. The Kier molecular flexibility index (Phi) is 5.03. The highest BCUT2D eigenvalue weighted by atomic mass is 35.5. The summed E-state index contributed by atoms with van der Waals surface area (Å²) in [6.45, 7) is 1.96. The van der Waals surface area contributed by atoms with E-state index in [2.05, 4.69) is 10.5 Å². The molecule has 1 aliphatic heterocycles. The van der Waals surface area contributed by atoms with Crippen LogP contribution in [-0.4, -0.2) is 42.0 Å². The van der Waals surface area contributed by atoms with E-state index in [0.29, 0.717) is 33.5 Å². The predicted octanol–water partition coefficient (Wildman–Crippen LogP) is 3.50. The summed E-state index contributed by atoms with van der Waals surface area (Å²) in [5.41, 5.74) is 4.25. The maximum absolute atomic E-state index is 14.6. The number of nitrogens with zero attached hydrogens (tertiary/aromatic N) is 2. The minimum atomic E-state index is -0.890. The number of nitrogens with one attached hydrogen (secondary N) is 1. The van der Waals surface area contributed by atoms with Crippen molar-refractivity contribution in [1.29, 1.82) is 0 Å². The summed E-state index contributed by atoms with van der Waals surface area (Å²) in [5, 5.41) is 14.2. The topological polar surface area (TPSA) is 66.3 Å². The Morgan fingerprint density at radius 2 is 2.07 bits per heavy atom. The first kappa shape index (κ1) is 18.8. The van der Waals surface area contributed by atoms with Gasteiger partial charge in [0.2, 0.25) is 6.35 Å². The van der Waals surface area contributed by atoms with Crippen LogP contribution in [0.3, 0.4) is 0 Å². The summed E-state index contributed by atoms with van der Waals surface area (Å²) >= 11 is 6.31. The molecule has 2 N–H and O–H groups in total. The average molecular weight is 406 g/mol. The Morgan fingerprint density at radius 1 is 1.29 bits per heavy atom. The number of halogens is 2. The summed E-state index contributed by atoms with van der Waals surface area (Å²) in [5.74, 6) is 1.23. The van der Waals surface area contributed by atoms with Gasteiger partial charge in [-0.15, -0.1) is 0 Å². The molecule has 1 fully saturated rings. The number of likely N-dealkylation sites (N-methyl/N-ethyl adjacent to an activating group) is 1. The van der Waals surface area contributed by atoms with Gasteiger partial charge in [0.15, 0.2) is 5.84 Å². The first-order valence-corrected chi connectivity index (χ1v) is 9.42. The Bertz CT molecular complexity index is 933. The van der Waals surface area contributed by atoms with E-state index in [1.807, 2.05) is 6.92 Å². The molecule has 2 aromatic carbocycles. The van der Waals surface area contributed by atoms with Crippen LogP contribution in [0.5, 0.6) is 11.5 Å². The summed E-state index contributed by atoms with van der Waals surface area (Å²) in [7, 11) is 1.69. The molecule has 0 amide bonds. The number of aliphatic hydroxyl groups excluding tert-OH is 1. The van der Waals surface area contributed by atoms with Gasteiger partial charge in [-0.3, -0.25) is 5.43 Å². The lowest BCUT2D eigenvalue weighted by Gasteiger charge is -2.19. The molecule has 6 nitrogen and oxygen atoms in total. The van der Waals surface area contributed by atoms with Crippen LogP contribution in [0.4, 0.5) is 4.39 Å². The van der Waals surface area contributed by atoms with E-state index < -0.39 is 6.35 Å². The molecule has 1 aliphatic carbocycles. The molecule has 4 rings (SSSR count). The van der Waals surface area contributed by atoms with Crippen LogP contribution in [0.2, 0.25) is 5.02 Å². The third kappa shape index (κ3) is 3.86. The fourth-order valence-electron chi connectivity index (χ4n) is 2.86. The minimum Gasteiger partial charge on any atom is -0.490 e. The summed E-state index contributed by atoms with van der Waals surface area (Å²) < 4.78 is 26.4. The third-order valence-corrected chi connectivity index (χ3v) is 5.16. The lowest BCUT2D eigenvalue weighted by Crippen LogP contribution is -2.38. The van der Waals surface area contributed by atoms with E-state index in [0.717, 1.165) is 18.4 Å². The summed E-state index contributed by atoms with van der Waals surface area (Å²) in [4.78, 5) is 1.55. The number of hydrogen-bond donors (Lipinski definition) is 2. The number of hydrogen-bond acceptors (Lipinski definition) is 6. The van der Waals surface area contributed by atoms with Crippen LogP contribution in [0.25, 0.3) is 11.1 Å². The molecule has 148 valence electrons. The molecule has 28 heavy (non-hydrogen) atoms.